The van der Waals surface area contributed by atoms with E-state index in [-0.39, 0.29) is 0 Å². The molecule has 1 heterocycles. The Bertz CT molecular complexity index is 283. The lowest BCUT2D eigenvalue weighted by Crippen LogP contribution is -2.61. The van der Waals surface area contributed by atoms with Gasteiger partial charge in [-0.25, -0.2) is 0 Å². The van der Waals surface area contributed by atoms with Crippen molar-refractivity contribution in [3.63, 3.8) is 0 Å². The molecule has 1 rings (SSSR count). The molecule has 0 bridgehead atoms. The summed E-state index contributed by atoms with van der Waals surface area (Å²) in [5, 5.41) is 3.78. The molecule has 1 aliphatic rings. The van der Waals surface area contributed by atoms with Gasteiger partial charge in [-0.1, -0.05) is 67.7 Å². The monoisotopic (exact) mass is 296 g/mol. The molecule has 1 saturated heterocycles. The van der Waals surface area contributed by atoms with Gasteiger partial charge in [-0.2, -0.15) is 0 Å². The van der Waals surface area contributed by atoms with Crippen LogP contribution in [0.2, 0.25) is 0 Å². The van der Waals surface area contributed by atoms with Crippen LogP contribution >= 0.6 is 0 Å². The van der Waals surface area contributed by atoms with Gasteiger partial charge in [-0.05, 0) is 23.7 Å². The molecule has 0 radical (unpaired) electrons. The van der Waals surface area contributed by atoms with Crippen LogP contribution in [-0.2, 0) is 0 Å². The van der Waals surface area contributed by atoms with E-state index in [4.69, 9.17) is 0 Å². The van der Waals surface area contributed by atoms with Crippen molar-refractivity contribution in [1.82, 2.24) is 10.2 Å². The molecule has 0 aromatic rings. The first-order chi connectivity index (χ1) is 9.76. The Balaban J connectivity index is 2.64. The molecule has 1 aliphatic heterocycles. The summed E-state index contributed by atoms with van der Waals surface area (Å²) in [6, 6.07) is 1.36. The Labute approximate surface area is 134 Å². The fraction of sp³-hybridized carbons (Fsp3) is 1.00. The van der Waals surface area contributed by atoms with E-state index in [1.54, 1.807) is 0 Å². The van der Waals surface area contributed by atoms with Crippen molar-refractivity contribution >= 4 is 0 Å². The van der Waals surface area contributed by atoms with E-state index in [9.17, 15) is 0 Å². The largest absolute Gasteiger partial charge is 0.311 e. The topological polar surface area (TPSA) is 15.3 Å². The molecule has 126 valence electrons. The number of hydrogen-bond donors (Lipinski definition) is 1. The normalized spacial score (nSPS) is 25.0. The maximum absolute atomic E-state index is 3.78. The SMILES string of the molecule is CCCCCC(C)(C)CN1CC(C(C)C)NCC1C(C)C. The number of unbranched alkanes of at least 4 members (excludes halogenated alkanes) is 2. The Morgan fingerprint density at radius 2 is 1.76 bits per heavy atom. The molecule has 0 saturated carbocycles. The van der Waals surface area contributed by atoms with Crippen LogP contribution in [0.5, 0.6) is 0 Å². The summed E-state index contributed by atoms with van der Waals surface area (Å²) in [4.78, 5) is 2.79. The highest BCUT2D eigenvalue weighted by atomic mass is 15.2. The van der Waals surface area contributed by atoms with Gasteiger partial charge in [-0.3, -0.25) is 4.90 Å². The molecule has 0 spiro atoms. The molecule has 2 atom stereocenters. The fourth-order valence-electron chi connectivity index (χ4n) is 3.62. The molecule has 0 aromatic heterocycles. The van der Waals surface area contributed by atoms with E-state index >= 15 is 0 Å². The molecule has 0 amide bonds. The molecule has 2 heteroatoms. The summed E-state index contributed by atoms with van der Waals surface area (Å²) in [5.41, 5.74) is 0.446. The zero-order valence-electron chi connectivity index (χ0n) is 15.7. The minimum Gasteiger partial charge on any atom is -0.311 e. The third kappa shape index (κ3) is 6.28. The molecular weight excluding hydrogens is 256 g/mol. The molecule has 2 unspecified atom stereocenters. The van der Waals surface area contributed by atoms with Crippen molar-refractivity contribution in [1.29, 1.82) is 0 Å². The highest BCUT2D eigenvalue weighted by molar-refractivity contribution is 4.91. The number of rotatable bonds is 8. The van der Waals surface area contributed by atoms with Gasteiger partial charge in [0.2, 0.25) is 0 Å². The average Bonchev–Trinajstić information content (AvgIpc) is 2.37. The van der Waals surface area contributed by atoms with Crippen molar-refractivity contribution in [3.8, 4) is 0 Å². The lowest BCUT2D eigenvalue weighted by atomic mass is 9.84. The lowest BCUT2D eigenvalue weighted by molar-refractivity contribution is 0.0476. The van der Waals surface area contributed by atoms with E-state index in [0.29, 0.717) is 17.5 Å². The van der Waals surface area contributed by atoms with Gasteiger partial charge < -0.3 is 5.32 Å². The van der Waals surface area contributed by atoms with Gasteiger partial charge in [0.15, 0.2) is 0 Å². The molecule has 0 aliphatic carbocycles. The van der Waals surface area contributed by atoms with Crippen molar-refractivity contribution < 1.29 is 0 Å². The second-order valence-electron chi connectivity index (χ2n) is 8.62. The lowest BCUT2D eigenvalue weighted by Gasteiger charge is -2.46. The standard InChI is InChI=1S/C19H40N2/c1-8-9-10-11-19(6,7)14-21-13-17(15(2)3)20-12-18(21)16(4)5/h15-18,20H,8-14H2,1-7H3. The van der Waals surface area contributed by atoms with E-state index in [1.807, 2.05) is 0 Å². The van der Waals surface area contributed by atoms with E-state index in [2.05, 4.69) is 58.7 Å². The first kappa shape index (κ1) is 19.0. The molecule has 1 N–H and O–H groups in total. The van der Waals surface area contributed by atoms with E-state index in [0.717, 1.165) is 18.4 Å². The van der Waals surface area contributed by atoms with Crippen LogP contribution < -0.4 is 5.32 Å². The van der Waals surface area contributed by atoms with Gasteiger partial charge in [0.05, 0.1) is 0 Å². The van der Waals surface area contributed by atoms with E-state index in [1.165, 1.54) is 38.8 Å². The third-order valence-electron chi connectivity index (χ3n) is 5.15. The Kier molecular flexibility index (Phi) is 7.70. The minimum absolute atomic E-state index is 0.446. The van der Waals surface area contributed by atoms with Crippen molar-refractivity contribution in [2.24, 2.45) is 17.3 Å². The van der Waals surface area contributed by atoms with Crippen LogP contribution in [0.15, 0.2) is 0 Å². The van der Waals surface area contributed by atoms with Gasteiger partial charge in [0.1, 0.15) is 0 Å². The van der Waals surface area contributed by atoms with Gasteiger partial charge >= 0.3 is 0 Å². The van der Waals surface area contributed by atoms with Gasteiger partial charge in [0.25, 0.3) is 0 Å². The van der Waals surface area contributed by atoms with Crippen molar-refractivity contribution in [2.75, 3.05) is 19.6 Å². The summed E-state index contributed by atoms with van der Waals surface area (Å²) >= 11 is 0. The maximum Gasteiger partial charge on any atom is 0.0244 e. The fourth-order valence-corrected chi connectivity index (χ4v) is 3.62. The summed E-state index contributed by atoms with van der Waals surface area (Å²) in [5.74, 6) is 1.46. The molecule has 1 fully saturated rings. The van der Waals surface area contributed by atoms with Crippen LogP contribution in [0.3, 0.4) is 0 Å². The Hall–Kier alpha value is -0.0800. The van der Waals surface area contributed by atoms with Crippen LogP contribution in [0.25, 0.3) is 0 Å². The highest BCUT2D eigenvalue weighted by Crippen LogP contribution is 2.28. The van der Waals surface area contributed by atoms with Crippen LogP contribution in [0, 0.1) is 17.3 Å². The molecule has 21 heavy (non-hydrogen) atoms. The number of piperazine rings is 1. The van der Waals surface area contributed by atoms with Gasteiger partial charge in [-0.15, -0.1) is 0 Å². The van der Waals surface area contributed by atoms with Crippen LogP contribution in [0.4, 0.5) is 0 Å². The number of hydrogen-bond acceptors (Lipinski definition) is 2. The predicted molar refractivity (Wildman–Crippen MR) is 94.8 cm³/mol. The summed E-state index contributed by atoms with van der Waals surface area (Å²) in [6.07, 6.45) is 5.46. The van der Waals surface area contributed by atoms with Crippen molar-refractivity contribution in [3.05, 3.63) is 0 Å². The first-order valence-electron chi connectivity index (χ1n) is 9.24. The molecule has 0 aromatic carbocycles. The number of nitrogens with one attached hydrogen (secondary N) is 1. The molecular formula is C19H40N2. The van der Waals surface area contributed by atoms with Crippen molar-refractivity contribution in [2.45, 2.75) is 86.2 Å². The zero-order valence-corrected chi connectivity index (χ0v) is 15.7. The average molecular weight is 297 g/mol. The Morgan fingerprint density at radius 3 is 2.29 bits per heavy atom. The number of nitrogens with zero attached hydrogens (tertiary/aromatic N) is 1. The van der Waals surface area contributed by atoms with E-state index < -0.39 is 0 Å². The summed E-state index contributed by atoms with van der Waals surface area (Å²) in [6.45, 7) is 20.3. The molecule has 2 nitrogen and oxygen atoms in total. The minimum atomic E-state index is 0.446. The summed E-state index contributed by atoms with van der Waals surface area (Å²) in [7, 11) is 0. The Morgan fingerprint density at radius 1 is 1.10 bits per heavy atom. The van der Waals surface area contributed by atoms with Crippen LogP contribution in [-0.4, -0.2) is 36.6 Å². The maximum atomic E-state index is 3.78. The smallest absolute Gasteiger partial charge is 0.0244 e. The highest BCUT2D eigenvalue weighted by Gasteiger charge is 2.34. The first-order valence-corrected chi connectivity index (χ1v) is 9.24. The van der Waals surface area contributed by atoms with Crippen LogP contribution in [0.1, 0.15) is 74.1 Å². The zero-order chi connectivity index (χ0) is 16.0. The van der Waals surface area contributed by atoms with Gasteiger partial charge in [0, 0.05) is 31.7 Å². The predicted octanol–water partition coefficient (Wildman–Crippen LogP) is 4.55. The third-order valence-corrected chi connectivity index (χ3v) is 5.15. The summed E-state index contributed by atoms with van der Waals surface area (Å²) < 4.78 is 0. The quantitative estimate of drug-likeness (QED) is 0.661. The second-order valence-corrected chi connectivity index (χ2v) is 8.62. The second kappa shape index (κ2) is 8.53.